The summed E-state index contributed by atoms with van der Waals surface area (Å²) in [6.45, 7) is 5.28. The van der Waals surface area contributed by atoms with Crippen LogP contribution < -0.4 is 18.9 Å². The number of carbonyl (C=O) groups is 1. The number of carbonyl (C=O) groups excluding carboxylic acids is 1. The van der Waals surface area contributed by atoms with E-state index in [1.165, 1.54) is 0 Å². The number of amides is 1. The molecule has 390 valence electrons. The maximum atomic E-state index is 15.3. The van der Waals surface area contributed by atoms with Gasteiger partial charge in [-0.1, -0.05) is 127 Å². The molecule has 0 spiro atoms. The van der Waals surface area contributed by atoms with Crippen LogP contribution in [0.4, 0.5) is 4.79 Å². The molecule has 6 aromatic carbocycles. The van der Waals surface area contributed by atoms with E-state index in [1.807, 2.05) is 115 Å². The summed E-state index contributed by atoms with van der Waals surface area (Å²) in [7, 11) is 0. The summed E-state index contributed by atoms with van der Waals surface area (Å²) in [6, 6.07) is 44.8. The average molecular weight is 1020 g/mol. The number of allylic oxidation sites excluding steroid dienone is 1. The van der Waals surface area contributed by atoms with Crippen molar-refractivity contribution in [1.29, 1.82) is 0 Å². The number of hydrogen-bond acceptors (Lipinski definition) is 12. The molecule has 2 heterocycles. The molecular formula is C62H66N2O11. The lowest BCUT2D eigenvalue weighted by Gasteiger charge is -2.59. The summed E-state index contributed by atoms with van der Waals surface area (Å²) < 4.78 is 45.3. The van der Waals surface area contributed by atoms with Crippen LogP contribution in [-0.4, -0.2) is 78.6 Å². The van der Waals surface area contributed by atoms with Crippen molar-refractivity contribution in [2.45, 2.75) is 82.5 Å². The Morgan fingerprint density at radius 1 is 0.733 bits per heavy atom. The molecule has 0 bridgehead atoms. The molecule has 4 aliphatic rings. The molecule has 2 aliphatic heterocycles. The molecule has 10 rings (SSSR count). The van der Waals surface area contributed by atoms with E-state index in [4.69, 9.17) is 43.2 Å². The van der Waals surface area contributed by atoms with Crippen LogP contribution in [0.15, 0.2) is 169 Å². The van der Waals surface area contributed by atoms with Crippen molar-refractivity contribution in [2.24, 2.45) is 22.9 Å². The molecule has 6 atom stereocenters. The molecule has 2 aliphatic carbocycles. The zero-order chi connectivity index (χ0) is 51.4. The first-order valence-electron chi connectivity index (χ1n) is 26.3. The topological polar surface area (TPSA) is 147 Å². The first kappa shape index (κ1) is 51.3. The minimum absolute atomic E-state index is 0.00414. The van der Waals surface area contributed by atoms with Crippen molar-refractivity contribution >= 4 is 22.6 Å². The Balaban J connectivity index is 1.11. The molecule has 13 heteroatoms. The largest absolute Gasteiger partial charge is 0.459 e. The molecule has 6 aromatic rings. The third-order valence-electron chi connectivity index (χ3n) is 14.8. The van der Waals surface area contributed by atoms with E-state index in [2.05, 4.69) is 36.9 Å². The predicted molar refractivity (Wildman–Crippen MR) is 286 cm³/mol. The van der Waals surface area contributed by atoms with Gasteiger partial charge in [-0.15, -0.1) is 6.58 Å². The van der Waals surface area contributed by atoms with E-state index in [0.717, 1.165) is 64.3 Å². The van der Waals surface area contributed by atoms with Crippen LogP contribution in [-0.2, 0) is 38.8 Å². The second-order valence-electron chi connectivity index (χ2n) is 19.6. The lowest BCUT2D eigenvalue weighted by Crippen LogP contribution is -2.70. The summed E-state index contributed by atoms with van der Waals surface area (Å²) in [5.41, 5.74) is 5.25. The molecule has 0 aromatic heterocycles. The van der Waals surface area contributed by atoms with Gasteiger partial charge in [0.25, 0.3) is 0 Å². The van der Waals surface area contributed by atoms with Gasteiger partial charge in [-0.05, 0) is 113 Å². The Hall–Kier alpha value is -7.16. The highest BCUT2D eigenvalue weighted by molar-refractivity contribution is 6.03. The molecule has 1 saturated carbocycles. The Bertz CT molecular complexity index is 2950. The fourth-order valence-electron chi connectivity index (χ4n) is 11.4. The lowest BCUT2D eigenvalue weighted by atomic mass is 9.55. The number of oxime groups is 1. The molecule has 0 unspecified atom stereocenters. The molecule has 2 N–H and O–H groups in total. The van der Waals surface area contributed by atoms with Gasteiger partial charge in [-0.25, -0.2) is 4.79 Å². The van der Waals surface area contributed by atoms with E-state index in [1.54, 1.807) is 11.0 Å². The highest BCUT2D eigenvalue weighted by atomic mass is 16.7. The Morgan fingerprint density at radius 2 is 1.44 bits per heavy atom. The van der Waals surface area contributed by atoms with Crippen LogP contribution in [0.25, 0.3) is 10.8 Å². The van der Waals surface area contributed by atoms with Crippen LogP contribution >= 0.6 is 0 Å². The number of unbranched alkanes of at least 4 members (excludes halogenated alkanes) is 2. The third-order valence-corrected chi connectivity index (χ3v) is 14.8. The number of aliphatic hydroxyl groups is 2. The summed E-state index contributed by atoms with van der Waals surface area (Å²) in [5.74, 6) is 0.779. The van der Waals surface area contributed by atoms with E-state index in [9.17, 15) is 10.2 Å². The number of ether oxygens (including phenoxy) is 7. The fourth-order valence-corrected chi connectivity index (χ4v) is 11.4. The van der Waals surface area contributed by atoms with Gasteiger partial charge in [0.2, 0.25) is 12.6 Å². The highest BCUT2D eigenvalue weighted by Gasteiger charge is 2.66. The van der Waals surface area contributed by atoms with Crippen molar-refractivity contribution < 1.29 is 53.0 Å². The highest BCUT2D eigenvalue weighted by Crippen LogP contribution is 2.62. The average Bonchev–Trinajstić information content (AvgIpc) is 3.96. The van der Waals surface area contributed by atoms with Crippen molar-refractivity contribution in [3.05, 3.63) is 186 Å². The molecule has 13 nitrogen and oxygen atoms in total. The molecule has 1 fully saturated rings. The zero-order valence-electron chi connectivity index (χ0n) is 42.3. The second-order valence-corrected chi connectivity index (χ2v) is 19.6. The monoisotopic (exact) mass is 1010 g/mol. The minimum atomic E-state index is -1.54. The fraction of sp³-hybridized carbons (Fsp3) is 0.355. The van der Waals surface area contributed by atoms with Crippen LogP contribution in [0.2, 0.25) is 0 Å². The molecule has 75 heavy (non-hydrogen) atoms. The number of nitrogens with zero attached hydrogens (tertiary/aromatic N) is 2. The molecule has 0 radical (unpaired) electrons. The standard InChI is InChI=1S/C62H66N2O11/c1-2-31-72-62-58(64(39-45-23-27-56-57(34-45)71-42-70-56)61(67)69-33-32-68-40-43-15-5-3-6-16-43)38-54(63-73-41-44-17-7-4-8-18-44)52-36-48(21-11-13-29-65)51(22-12-14-30-66)59(60(52)62)53-37-50(26-28-55(53)75-62)74-49-25-24-46-19-9-10-20-47(46)35-49/h2-10,15-20,23-28,34-37,48,51,58-60,65-66H,1,11-14,21-22,29-33,38-42H2/t48-,51+,58-,59+,60+,62+/m0/s1. The van der Waals surface area contributed by atoms with Crippen molar-refractivity contribution in [2.75, 3.05) is 39.8 Å². The number of aliphatic hydroxyl groups excluding tert-OH is 2. The summed E-state index contributed by atoms with van der Waals surface area (Å²) >= 11 is 0. The van der Waals surface area contributed by atoms with Gasteiger partial charge in [0.15, 0.2) is 11.5 Å². The summed E-state index contributed by atoms with van der Waals surface area (Å²) in [5, 5.41) is 27.5. The van der Waals surface area contributed by atoms with E-state index in [-0.39, 0.29) is 77.2 Å². The first-order chi connectivity index (χ1) is 36.9. The quantitative estimate of drug-likeness (QED) is 0.0339. The van der Waals surface area contributed by atoms with Gasteiger partial charge in [-0.3, -0.25) is 4.90 Å². The smallest absolute Gasteiger partial charge is 0.410 e. The van der Waals surface area contributed by atoms with Gasteiger partial charge in [0, 0.05) is 37.7 Å². The SMILES string of the molecule is C=CCO[C@@]12Oc3ccc(Oc4ccc5ccccc5c4)cc3[C@H]3[C@H](CCCCO)[C@@H](CCCCO)C=C(C(=NOCc4ccccc4)C[C@@H]1N(Cc1ccc4c(c1)OCO4)C(=O)OCCOCc1ccccc1)[C@H]32. The normalized spacial score (nSPS) is 21.6. The van der Waals surface area contributed by atoms with Gasteiger partial charge in [0.1, 0.15) is 36.5 Å². The number of fused-ring (bicyclic) bond motifs is 4. The van der Waals surface area contributed by atoms with Gasteiger partial charge < -0.3 is 48.2 Å². The van der Waals surface area contributed by atoms with E-state index in [0.29, 0.717) is 53.9 Å². The van der Waals surface area contributed by atoms with Gasteiger partial charge >= 0.3 is 6.09 Å². The summed E-state index contributed by atoms with van der Waals surface area (Å²) in [4.78, 5) is 23.3. The van der Waals surface area contributed by atoms with Crippen LogP contribution in [0, 0.1) is 17.8 Å². The van der Waals surface area contributed by atoms with Crippen LogP contribution in [0.5, 0.6) is 28.7 Å². The minimum Gasteiger partial charge on any atom is -0.459 e. The molecule has 1 amide bonds. The van der Waals surface area contributed by atoms with Gasteiger partial charge in [0.05, 0.1) is 31.5 Å². The Morgan fingerprint density at radius 3 is 2.23 bits per heavy atom. The zero-order valence-corrected chi connectivity index (χ0v) is 42.3. The molecule has 0 saturated heterocycles. The van der Waals surface area contributed by atoms with Crippen LogP contribution in [0.3, 0.4) is 0 Å². The first-order valence-corrected chi connectivity index (χ1v) is 26.3. The van der Waals surface area contributed by atoms with Crippen molar-refractivity contribution in [1.82, 2.24) is 4.90 Å². The Labute approximate surface area is 438 Å². The maximum Gasteiger partial charge on any atom is 0.410 e. The number of hydrogen-bond donors (Lipinski definition) is 2. The third kappa shape index (κ3) is 11.7. The van der Waals surface area contributed by atoms with Crippen molar-refractivity contribution in [3.8, 4) is 28.7 Å². The number of rotatable bonds is 24. The van der Waals surface area contributed by atoms with Crippen LogP contribution in [0.1, 0.15) is 73.1 Å². The maximum absolute atomic E-state index is 15.3. The molecular weight excluding hydrogens is 949 g/mol. The van der Waals surface area contributed by atoms with Crippen molar-refractivity contribution in [3.63, 3.8) is 0 Å². The van der Waals surface area contributed by atoms with Gasteiger partial charge in [-0.2, -0.15) is 0 Å². The van der Waals surface area contributed by atoms with E-state index >= 15 is 4.79 Å². The van der Waals surface area contributed by atoms with E-state index < -0.39 is 23.8 Å². The summed E-state index contributed by atoms with van der Waals surface area (Å²) in [6.07, 6.45) is 8.06. The number of benzene rings is 6. The lowest BCUT2D eigenvalue weighted by molar-refractivity contribution is -0.256. The predicted octanol–water partition coefficient (Wildman–Crippen LogP) is 12.1. The Kier molecular flexibility index (Phi) is 16.7. The second kappa shape index (κ2) is 24.5.